The van der Waals surface area contributed by atoms with Gasteiger partial charge in [-0.1, -0.05) is 11.6 Å². The Hall–Kier alpha value is -1.85. The number of rotatable bonds is 6. The minimum Gasteiger partial charge on any atom is -0.493 e. The maximum atomic E-state index is 13.0. The van der Waals surface area contributed by atoms with E-state index in [9.17, 15) is 16.8 Å². The maximum absolute atomic E-state index is 13.0. The smallest absolute Gasteiger partial charge is 0.243 e. The van der Waals surface area contributed by atoms with E-state index in [0.29, 0.717) is 16.5 Å². The van der Waals surface area contributed by atoms with Gasteiger partial charge in [-0.25, -0.2) is 16.8 Å². The molecule has 11 heteroatoms. The summed E-state index contributed by atoms with van der Waals surface area (Å²) in [7, 11) is -4.63. The first kappa shape index (κ1) is 21.8. The minimum atomic E-state index is -3.80. The molecule has 2 aromatic rings. The first-order valence-corrected chi connectivity index (χ1v) is 11.9. The molecule has 0 atom stereocenters. The number of ether oxygens (including phenoxy) is 2. The third kappa shape index (κ3) is 4.36. The number of hydrogen-bond acceptors (Lipinski definition) is 6. The minimum absolute atomic E-state index is 0.0451. The Morgan fingerprint density at radius 2 is 1.17 bits per heavy atom. The van der Waals surface area contributed by atoms with Crippen LogP contribution in [0.5, 0.6) is 11.5 Å². The highest BCUT2D eigenvalue weighted by molar-refractivity contribution is 7.89. The number of benzene rings is 2. The van der Waals surface area contributed by atoms with Crippen LogP contribution in [0.3, 0.4) is 0 Å². The highest BCUT2D eigenvalue weighted by atomic mass is 35.5. The number of nitrogens with zero attached hydrogens (tertiary/aromatic N) is 2. The van der Waals surface area contributed by atoms with E-state index < -0.39 is 20.0 Å². The van der Waals surface area contributed by atoms with E-state index >= 15 is 0 Å². The Balaban J connectivity index is 1.77. The molecule has 0 amide bonds. The lowest BCUT2D eigenvalue weighted by atomic mass is 10.3. The van der Waals surface area contributed by atoms with Crippen molar-refractivity contribution >= 4 is 31.6 Å². The molecule has 0 aromatic heterocycles. The molecular formula is C18H21ClN2O6S2. The molecule has 1 aliphatic rings. The van der Waals surface area contributed by atoms with Gasteiger partial charge in [-0.15, -0.1) is 0 Å². The van der Waals surface area contributed by atoms with Crippen molar-refractivity contribution in [1.82, 2.24) is 8.61 Å². The Bertz CT molecular complexity index is 1080. The van der Waals surface area contributed by atoms with Crippen LogP contribution in [0.15, 0.2) is 52.3 Å². The average Bonchev–Trinajstić information content (AvgIpc) is 2.73. The molecule has 2 aromatic carbocycles. The van der Waals surface area contributed by atoms with Crippen molar-refractivity contribution in [2.24, 2.45) is 0 Å². The lowest BCUT2D eigenvalue weighted by Crippen LogP contribution is -2.50. The summed E-state index contributed by atoms with van der Waals surface area (Å²) in [5.74, 6) is 0.725. The second kappa shape index (κ2) is 8.49. The summed E-state index contributed by atoms with van der Waals surface area (Å²) in [6, 6.07) is 10.2. The second-order valence-corrected chi connectivity index (χ2v) is 10.6. The lowest BCUT2D eigenvalue weighted by molar-refractivity contribution is 0.272. The van der Waals surface area contributed by atoms with Gasteiger partial charge in [-0.2, -0.15) is 8.61 Å². The number of sulfonamides is 2. The molecule has 0 aliphatic carbocycles. The van der Waals surface area contributed by atoms with Crippen LogP contribution < -0.4 is 9.47 Å². The second-order valence-electron chi connectivity index (χ2n) is 6.28. The molecule has 0 saturated carbocycles. The van der Waals surface area contributed by atoms with Gasteiger partial charge in [0.05, 0.1) is 24.0 Å². The predicted octanol–water partition coefficient (Wildman–Crippen LogP) is 2.05. The Kier molecular flexibility index (Phi) is 6.39. The fourth-order valence-electron chi connectivity index (χ4n) is 3.03. The fraction of sp³-hybridized carbons (Fsp3) is 0.333. The van der Waals surface area contributed by atoms with Crippen molar-refractivity contribution < 1.29 is 26.3 Å². The topological polar surface area (TPSA) is 93.2 Å². The highest BCUT2D eigenvalue weighted by Crippen LogP contribution is 2.31. The molecule has 8 nitrogen and oxygen atoms in total. The Labute approximate surface area is 175 Å². The Morgan fingerprint density at radius 1 is 0.724 bits per heavy atom. The predicted molar refractivity (Wildman–Crippen MR) is 109 cm³/mol. The quantitative estimate of drug-likeness (QED) is 0.655. The zero-order chi connectivity index (χ0) is 21.2. The van der Waals surface area contributed by atoms with E-state index in [1.807, 2.05) is 0 Å². The number of piperazine rings is 1. The molecule has 1 fully saturated rings. The van der Waals surface area contributed by atoms with Crippen LogP contribution >= 0.6 is 11.6 Å². The number of methoxy groups -OCH3 is 2. The van der Waals surface area contributed by atoms with E-state index in [1.54, 1.807) is 0 Å². The first-order valence-electron chi connectivity index (χ1n) is 8.68. The third-order valence-corrected chi connectivity index (χ3v) is 8.70. The van der Waals surface area contributed by atoms with Gasteiger partial charge in [0.1, 0.15) is 0 Å². The van der Waals surface area contributed by atoms with Crippen molar-refractivity contribution in [3.05, 3.63) is 47.5 Å². The summed E-state index contributed by atoms with van der Waals surface area (Å²) in [6.45, 7) is 0.196. The summed E-state index contributed by atoms with van der Waals surface area (Å²) >= 11 is 5.82. The van der Waals surface area contributed by atoms with Gasteiger partial charge >= 0.3 is 0 Å². The van der Waals surface area contributed by atoms with Crippen molar-refractivity contribution in [3.8, 4) is 11.5 Å². The van der Waals surface area contributed by atoms with E-state index in [4.69, 9.17) is 21.1 Å². The third-order valence-electron chi connectivity index (χ3n) is 4.64. The Morgan fingerprint density at radius 3 is 1.66 bits per heavy atom. The number of halogens is 1. The summed E-state index contributed by atoms with van der Waals surface area (Å²) in [5.41, 5.74) is 0. The van der Waals surface area contributed by atoms with Crippen LogP contribution in [0.25, 0.3) is 0 Å². The monoisotopic (exact) mass is 460 g/mol. The molecule has 1 saturated heterocycles. The normalized spacial score (nSPS) is 16.5. The highest BCUT2D eigenvalue weighted by Gasteiger charge is 2.34. The average molecular weight is 461 g/mol. The summed E-state index contributed by atoms with van der Waals surface area (Å²) in [6.07, 6.45) is 0. The molecule has 3 rings (SSSR count). The molecule has 1 aliphatic heterocycles. The molecule has 0 bridgehead atoms. The zero-order valence-electron chi connectivity index (χ0n) is 15.9. The van der Waals surface area contributed by atoms with Crippen LogP contribution in [0.1, 0.15) is 0 Å². The largest absolute Gasteiger partial charge is 0.493 e. The summed E-state index contributed by atoms with van der Waals surface area (Å²) in [5, 5.41) is 0.440. The van der Waals surface area contributed by atoms with Crippen LogP contribution in [-0.4, -0.2) is 65.8 Å². The maximum Gasteiger partial charge on any atom is 0.243 e. The van der Waals surface area contributed by atoms with E-state index in [2.05, 4.69) is 0 Å². The molecule has 0 spiro atoms. The van der Waals surface area contributed by atoms with Crippen LogP contribution in [0.2, 0.25) is 5.02 Å². The van der Waals surface area contributed by atoms with Gasteiger partial charge in [0.15, 0.2) is 11.5 Å². The van der Waals surface area contributed by atoms with Crippen LogP contribution in [-0.2, 0) is 20.0 Å². The molecule has 0 N–H and O–H groups in total. The zero-order valence-corrected chi connectivity index (χ0v) is 18.3. The summed E-state index contributed by atoms with van der Waals surface area (Å²) in [4.78, 5) is 0.183. The van der Waals surface area contributed by atoms with Gasteiger partial charge in [-0.3, -0.25) is 0 Å². The molecule has 29 heavy (non-hydrogen) atoms. The fourth-order valence-corrected chi connectivity index (χ4v) is 6.02. The van der Waals surface area contributed by atoms with Gasteiger partial charge in [-0.05, 0) is 36.4 Å². The van der Waals surface area contributed by atoms with Gasteiger partial charge in [0, 0.05) is 37.3 Å². The molecule has 158 valence electrons. The first-order chi connectivity index (χ1) is 13.7. The van der Waals surface area contributed by atoms with E-state index in [-0.39, 0.29) is 36.0 Å². The molecule has 1 heterocycles. The SMILES string of the molecule is COc1ccc(S(=O)(=O)N2CCN(S(=O)(=O)c3ccc(Cl)cc3)CC2)cc1OC. The van der Waals surface area contributed by atoms with Crippen LogP contribution in [0, 0.1) is 0 Å². The van der Waals surface area contributed by atoms with Crippen molar-refractivity contribution in [2.45, 2.75) is 9.79 Å². The van der Waals surface area contributed by atoms with Crippen molar-refractivity contribution in [3.63, 3.8) is 0 Å². The molecular weight excluding hydrogens is 440 g/mol. The van der Waals surface area contributed by atoms with Crippen LogP contribution in [0.4, 0.5) is 0 Å². The standard InChI is InChI=1S/C18H21ClN2O6S2/c1-26-17-8-7-16(13-18(17)27-2)29(24,25)21-11-9-20(10-12-21)28(22,23)15-5-3-14(19)4-6-15/h3-8,13H,9-12H2,1-2H3. The van der Waals surface area contributed by atoms with E-state index in [0.717, 1.165) is 0 Å². The van der Waals surface area contributed by atoms with Crippen molar-refractivity contribution in [2.75, 3.05) is 40.4 Å². The summed E-state index contributed by atoms with van der Waals surface area (Å²) < 4.78 is 64.3. The molecule has 0 unspecified atom stereocenters. The molecule has 0 radical (unpaired) electrons. The van der Waals surface area contributed by atoms with Crippen molar-refractivity contribution in [1.29, 1.82) is 0 Å². The van der Waals surface area contributed by atoms with Gasteiger partial charge < -0.3 is 9.47 Å². The van der Waals surface area contributed by atoms with Gasteiger partial charge in [0.25, 0.3) is 0 Å². The lowest BCUT2D eigenvalue weighted by Gasteiger charge is -2.33. The number of hydrogen-bond donors (Lipinski definition) is 0. The van der Waals surface area contributed by atoms with Gasteiger partial charge in [0.2, 0.25) is 20.0 Å². The van der Waals surface area contributed by atoms with E-state index in [1.165, 1.54) is 65.3 Å².